The maximum atomic E-state index is 11.5. The van der Waals surface area contributed by atoms with Gasteiger partial charge in [-0.2, -0.15) is 0 Å². The van der Waals surface area contributed by atoms with Crippen LogP contribution in [0.1, 0.15) is 59.8 Å². The quantitative estimate of drug-likeness (QED) is 0.451. The lowest BCUT2D eigenvalue weighted by atomic mass is 9.46. The van der Waals surface area contributed by atoms with E-state index in [4.69, 9.17) is 4.74 Å². The summed E-state index contributed by atoms with van der Waals surface area (Å²) in [4.78, 5) is 11.5. The van der Waals surface area contributed by atoms with Crippen molar-refractivity contribution in [3.05, 3.63) is 23.3 Å². The lowest BCUT2D eigenvalue weighted by molar-refractivity contribution is -0.134. The van der Waals surface area contributed by atoms with E-state index < -0.39 is 6.10 Å². The zero-order valence-corrected chi connectivity index (χ0v) is 16.3. The van der Waals surface area contributed by atoms with Gasteiger partial charge in [0.05, 0.1) is 19.8 Å². The standard InChI is InChI=1S/C21H34O4/c1-14(11-19(24)25-5)9-10-20(3)15(2)12-18(23)21(4)16(13-22)7-6-8-17(20)21/h7,11,15,17-18,22-23H,6,8-10,12-13H2,1-5H3/b14-11+/t15-,17-,18-,20+,21+/m0/s1. The van der Waals surface area contributed by atoms with E-state index in [1.807, 2.05) is 6.92 Å². The Morgan fingerprint density at radius 3 is 2.72 bits per heavy atom. The molecule has 5 atom stereocenters. The monoisotopic (exact) mass is 350 g/mol. The zero-order chi connectivity index (χ0) is 18.8. The lowest BCUT2D eigenvalue weighted by Gasteiger charge is -2.60. The fourth-order valence-electron chi connectivity index (χ4n) is 5.28. The van der Waals surface area contributed by atoms with E-state index in [1.165, 1.54) is 7.11 Å². The lowest BCUT2D eigenvalue weighted by Crippen LogP contribution is -2.57. The molecule has 0 radical (unpaired) electrons. The number of carbonyl (C=O) groups excluding carboxylic acids is 1. The summed E-state index contributed by atoms with van der Waals surface area (Å²) < 4.78 is 4.72. The molecule has 0 aromatic heterocycles. The summed E-state index contributed by atoms with van der Waals surface area (Å²) in [5.41, 5.74) is 1.74. The molecule has 0 amide bonds. The van der Waals surface area contributed by atoms with Crippen LogP contribution in [-0.2, 0) is 9.53 Å². The van der Waals surface area contributed by atoms with E-state index in [-0.39, 0.29) is 23.4 Å². The molecule has 0 aromatic carbocycles. The van der Waals surface area contributed by atoms with E-state index >= 15 is 0 Å². The van der Waals surface area contributed by atoms with Crippen LogP contribution in [0.25, 0.3) is 0 Å². The molecule has 2 rings (SSSR count). The van der Waals surface area contributed by atoms with Crippen LogP contribution in [0.3, 0.4) is 0 Å². The van der Waals surface area contributed by atoms with Gasteiger partial charge < -0.3 is 14.9 Å². The summed E-state index contributed by atoms with van der Waals surface area (Å²) in [7, 11) is 1.40. The molecule has 0 saturated heterocycles. The fraction of sp³-hybridized carbons (Fsp3) is 0.762. The van der Waals surface area contributed by atoms with Gasteiger partial charge in [0, 0.05) is 11.5 Å². The molecule has 0 unspecified atom stereocenters. The van der Waals surface area contributed by atoms with Gasteiger partial charge in [-0.15, -0.1) is 0 Å². The maximum Gasteiger partial charge on any atom is 0.330 e. The Morgan fingerprint density at radius 2 is 2.12 bits per heavy atom. The molecule has 4 heteroatoms. The van der Waals surface area contributed by atoms with Crippen molar-refractivity contribution in [1.82, 2.24) is 0 Å². The largest absolute Gasteiger partial charge is 0.466 e. The van der Waals surface area contributed by atoms with Gasteiger partial charge in [-0.3, -0.25) is 0 Å². The van der Waals surface area contributed by atoms with Crippen LogP contribution in [-0.4, -0.2) is 36.0 Å². The van der Waals surface area contributed by atoms with Crippen molar-refractivity contribution in [1.29, 1.82) is 0 Å². The Balaban J connectivity index is 2.28. The third-order valence-electron chi connectivity index (χ3n) is 7.25. The van der Waals surface area contributed by atoms with Crippen molar-refractivity contribution in [2.75, 3.05) is 13.7 Å². The van der Waals surface area contributed by atoms with Gasteiger partial charge in [-0.05, 0) is 61.9 Å². The number of hydrogen-bond acceptors (Lipinski definition) is 4. The third-order valence-corrected chi connectivity index (χ3v) is 7.25. The number of ether oxygens (including phenoxy) is 1. The molecule has 0 aliphatic heterocycles. The van der Waals surface area contributed by atoms with E-state index in [2.05, 4.69) is 26.8 Å². The molecule has 142 valence electrons. The SMILES string of the molecule is COC(=O)/C=C(\C)CC[C@]1(C)[C@@H](C)C[C@H](O)[C@]2(C)C(CO)=CCC[C@@H]12. The second-order valence-electron chi connectivity index (χ2n) is 8.47. The highest BCUT2D eigenvalue weighted by atomic mass is 16.5. The van der Waals surface area contributed by atoms with Gasteiger partial charge in [0.1, 0.15) is 0 Å². The number of aliphatic hydroxyl groups excluding tert-OH is 2. The Kier molecular flexibility index (Phi) is 6.16. The molecule has 0 heterocycles. The molecule has 0 spiro atoms. The molecular weight excluding hydrogens is 316 g/mol. The van der Waals surface area contributed by atoms with Crippen molar-refractivity contribution in [3.8, 4) is 0 Å². The first kappa shape index (κ1) is 20.2. The summed E-state index contributed by atoms with van der Waals surface area (Å²) in [6.07, 6.45) is 7.85. The molecular formula is C21H34O4. The summed E-state index contributed by atoms with van der Waals surface area (Å²) >= 11 is 0. The van der Waals surface area contributed by atoms with E-state index in [1.54, 1.807) is 6.08 Å². The molecule has 0 bridgehead atoms. The predicted octanol–water partition coefficient (Wildman–Crippen LogP) is 3.63. The van der Waals surface area contributed by atoms with Crippen LogP contribution in [0.4, 0.5) is 0 Å². The van der Waals surface area contributed by atoms with Crippen molar-refractivity contribution in [3.63, 3.8) is 0 Å². The second kappa shape index (κ2) is 7.63. The molecule has 1 fully saturated rings. The van der Waals surface area contributed by atoms with Crippen molar-refractivity contribution in [2.45, 2.75) is 65.9 Å². The summed E-state index contributed by atoms with van der Waals surface area (Å²) in [6, 6.07) is 0. The molecule has 1 saturated carbocycles. The molecule has 2 N–H and O–H groups in total. The minimum Gasteiger partial charge on any atom is -0.466 e. The zero-order valence-electron chi connectivity index (χ0n) is 16.3. The fourth-order valence-corrected chi connectivity index (χ4v) is 5.28. The van der Waals surface area contributed by atoms with Crippen molar-refractivity contribution in [2.24, 2.45) is 22.7 Å². The van der Waals surface area contributed by atoms with Gasteiger partial charge in [-0.1, -0.05) is 32.4 Å². The minimum atomic E-state index is -0.411. The van der Waals surface area contributed by atoms with Crippen LogP contribution in [0, 0.1) is 22.7 Å². The van der Waals surface area contributed by atoms with Crippen LogP contribution < -0.4 is 0 Å². The Morgan fingerprint density at radius 1 is 1.44 bits per heavy atom. The molecule has 0 aromatic rings. The predicted molar refractivity (Wildman–Crippen MR) is 98.9 cm³/mol. The number of allylic oxidation sites excluding steroid dienone is 2. The van der Waals surface area contributed by atoms with Gasteiger partial charge >= 0.3 is 5.97 Å². The summed E-state index contributed by atoms with van der Waals surface area (Å²) in [5, 5.41) is 20.7. The normalized spacial score (nSPS) is 38.8. The van der Waals surface area contributed by atoms with E-state index in [0.717, 1.165) is 43.3 Å². The minimum absolute atomic E-state index is 0.0236. The number of carbonyl (C=O) groups is 1. The third kappa shape index (κ3) is 3.56. The Labute approximate surface area is 152 Å². The highest BCUT2D eigenvalue weighted by Gasteiger charge is 2.57. The number of esters is 1. The Bertz CT molecular complexity index is 564. The first-order chi connectivity index (χ1) is 11.7. The van der Waals surface area contributed by atoms with Crippen LogP contribution in [0.2, 0.25) is 0 Å². The van der Waals surface area contributed by atoms with E-state index in [9.17, 15) is 15.0 Å². The molecule has 4 nitrogen and oxygen atoms in total. The van der Waals surface area contributed by atoms with E-state index in [0.29, 0.717) is 11.8 Å². The average Bonchev–Trinajstić information content (AvgIpc) is 2.58. The van der Waals surface area contributed by atoms with Crippen molar-refractivity contribution >= 4 is 5.97 Å². The van der Waals surface area contributed by atoms with Gasteiger partial charge in [0.25, 0.3) is 0 Å². The number of hydrogen-bond donors (Lipinski definition) is 2. The molecule has 2 aliphatic rings. The topological polar surface area (TPSA) is 66.8 Å². The summed E-state index contributed by atoms with van der Waals surface area (Å²) in [5.74, 6) is 0.421. The first-order valence-electron chi connectivity index (χ1n) is 9.43. The second-order valence-corrected chi connectivity index (χ2v) is 8.47. The average molecular weight is 350 g/mol. The molecule has 2 aliphatic carbocycles. The Hall–Kier alpha value is -1.13. The van der Waals surface area contributed by atoms with Crippen LogP contribution >= 0.6 is 0 Å². The highest BCUT2D eigenvalue weighted by Crippen LogP contribution is 2.61. The van der Waals surface area contributed by atoms with Gasteiger partial charge in [0.15, 0.2) is 0 Å². The number of fused-ring (bicyclic) bond motifs is 1. The van der Waals surface area contributed by atoms with Crippen LogP contribution in [0.15, 0.2) is 23.3 Å². The highest BCUT2D eigenvalue weighted by molar-refractivity contribution is 5.82. The van der Waals surface area contributed by atoms with Gasteiger partial charge in [0.2, 0.25) is 0 Å². The number of methoxy groups -OCH3 is 1. The van der Waals surface area contributed by atoms with Gasteiger partial charge in [-0.25, -0.2) is 4.79 Å². The maximum absolute atomic E-state index is 11.5. The summed E-state index contributed by atoms with van der Waals surface area (Å²) in [6.45, 7) is 8.69. The molecule has 25 heavy (non-hydrogen) atoms. The smallest absolute Gasteiger partial charge is 0.330 e. The van der Waals surface area contributed by atoms with Crippen LogP contribution in [0.5, 0.6) is 0 Å². The van der Waals surface area contributed by atoms with Crippen molar-refractivity contribution < 1.29 is 19.7 Å². The first-order valence-corrected chi connectivity index (χ1v) is 9.43. The number of aliphatic hydroxyl groups is 2. The number of rotatable bonds is 5.